The van der Waals surface area contributed by atoms with Crippen LogP contribution in [-0.2, 0) is 14.9 Å². The second kappa shape index (κ2) is 8.26. The molecule has 0 saturated carbocycles. The normalized spacial score (nSPS) is 12.7. The van der Waals surface area contributed by atoms with Gasteiger partial charge in [-0.25, -0.2) is 4.79 Å². The van der Waals surface area contributed by atoms with Crippen molar-refractivity contribution < 1.29 is 19.4 Å². The van der Waals surface area contributed by atoms with Crippen LogP contribution in [0, 0.1) is 0 Å². The van der Waals surface area contributed by atoms with Crippen LogP contribution in [0.4, 0.5) is 0 Å². The first-order valence-corrected chi connectivity index (χ1v) is 9.76. The molecule has 1 unspecified atom stereocenters. The minimum Gasteiger partial charge on any atom is -0.489 e. The van der Waals surface area contributed by atoms with Crippen molar-refractivity contribution in [1.82, 2.24) is 0 Å². The molecule has 4 nitrogen and oxygen atoms in total. The molecule has 3 rings (SSSR count). The molecule has 0 aliphatic heterocycles. The zero-order valence-electron chi connectivity index (χ0n) is 17.5. The highest BCUT2D eigenvalue weighted by molar-refractivity contribution is 6.05. The number of hydrogen-bond acceptors (Lipinski definition) is 4. The van der Waals surface area contributed by atoms with Crippen molar-refractivity contribution in [2.45, 2.75) is 39.2 Å². The van der Waals surface area contributed by atoms with E-state index < -0.39 is 12.1 Å². The van der Waals surface area contributed by atoms with Crippen LogP contribution in [0.3, 0.4) is 0 Å². The lowest BCUT2D eigenvalue weighted by atomic mass is 9.85. The topological polar surface area (TPSA) is 55.8 Å². The molecule has 3 aromatic rings. The highest BCUT2D eigenvalue weighted by atomic mass is 16.5. The van der Waals surface area contributed by atoms with Gasteiger partial charge in [0.25, 0.3) is 0 Å². The average molecular weight is 392 g/mol. The molecule has 0 spiro atoms. The van der Waals surface area contributed by atoms with Crippen LogP contribution in [0.15, 0.2) is 60.7 Å². The molecule has 0 radical (unpaired) electrons. The Morgan fingerprint density at radius 1 is 1.03 bits per heavy atom. The van der Waals surface area contributed by atoms with Crippen molar-refractivity contribution in [2.24, 2.45) is 0 Å². The van der Waals surface area contributed by atoms with Crippen molar-refractivity contribution in [1.29, 1.82) is 0 Å². The maximum absolute atomic E-state index is 11.5. The maximum Gasteiger partial charge on any atom is 0.333 e. The van der Waals surface area contributed by atoms with E-state index in [0.717, 1.165) is 27.3 Å². The Morgan fingerprint density at radius 3 is 2.41 bits per heavy atom. The first kappa shape index (κ1) is 20.9. The maximum atomic E-state index is 11.5. The van der Waals surface area contributed by atoms with Gasteiger partial charge >= 0.3 is 5.97 Å². The molecule has 1 N–H and O–H groups in total. The molecule has 0 aromatic heterocycles. The largest absolute Gasteiger partial charge is 0.489 e. The number of hydrogen-bond donors (Lipinski definition) is 1. The van der Waals surface area contributed by atoms with Gasteiger partial charge < -0.3 is 14.6 Å². The van der Waals surface area contributed by atoms with Crippen LogP contribution >= 0.6 is 0 Å². The molecule has 0 fully saturated rings. The Kier molecular flexibility index (Phi) is 5.94. The minimum atomic E-state index is -0.932. The van der Waals surface area contributed by atoms with Crippen LogP contribution < -0.4 is 4.74 Å². The van der Waals surface area contributed by atoms with E-state index in [9.17, 15) is 9.90 Å². The SMILES string of the molecule is C=C(C)C(=O)OCC(O)COc1c2ccccc2cc2ccc(C(C)(C)C)cc12. The molecule has 0 saturated heterocycles. The lowest BCUT2D eigenvalue weighted by Crippen LogP contribution is -2.25. The quantitative estimate of drug-likeness (QED) is 0.358. The van der Waals surface area contributed by atoms with Crippen molar-refractivity contribution >= 4 is 27.5 Å². The number of benzene rings is 3. The van der Waals surface area contributed by atoms with Crippen molar-refractivity contribution in [3.63, 3.8) is 0 Å². The molecule has 0 aliphatic rings. The minimum absolute atomic E-state index is 0.00731. The molecule has 0 amide bonds. The van der Waals surface area contributed by atoms with Crippen molar-refractivity contribution in [3.05, 3.63) is 66.2 Å². The molecule has 0 bridgehead atoms. The number of carbonyl (C=O) groups is 1. The third-order valence-corrected chi connectivity index (χ3v) is 4.86. The fourth-order valence-electron chi connectivity index (χ4n) is 3.17. The third kappa shape index (κ3) is 4.77. The van der Waals surface area contributed by atoms with Gasteiger partial charge in [-0.05, 0) is 40.8 Å². The van der Waals surface area contributed by atoms with E-state index in [1.54, 1.807) is 6.92 Å². The summed E-state index contributed by atoms with van der Waals surface area (Å²) in [4.78, 5) is 11.5. The smallest absolute Gasteiger partial charge is 0.333 e. The Bertz CT molecular complexity index is 1060. The standard InChI is InChI=1S/C25H28O4/c1-16(2)24(27)29-15-20(26)14-28-23-21-9-7-6-8-17(21)12-18-10-11-19(13-22(18)23)25(3,4)5/h6-13,20,26H,1,14-15H2,2-5H3. The van der Waals surface area contributed by atoms with E-state index in [1.807, 2.05) is 24.3 Å². The summed E-state index contributed by atoms with van der Waals surface area (Å²) in [6.07, 6.45) is -0.932. The van der Waals surface area contributed by atoms with Gasteiger partial charge in [0.15, 0.2) is 0 Å². The third-order valence-electron chi connectivity index (χ3n) is 4.86. The first-order valence-electron chi connectivity index (χ1n) is 9.76. The van der Waals surface area contributed by atoms with E-state index in [0.29, 0.717) is 5.57 Å². The number of rotatable bonds is 6. The Balaban J connectivity index is 1.95. The summed E-state index contributed by atoms with van der Waals surface area (Å²) in [5, 5.41) is 14.4. The number of ether oxygens (including phenoxy) is 2. The molecular weight excluding hydrogens is 364 g/mol. The fraction of sp³-hybridized carbons (Fsp3) is 0.320. The number of esters is 1. The molecule has 4 heteroatoms. The molecular formula is C25H28O4. The van der Waals surface area contributed by atoms with Gasteiger partial charge in [-0.2, -0.15) is 0 Å². The van der Waals surface area contributed by atoms with Crippen LogP contribution in [0.1, 0.15) is 33.3 Å². The molecule has 0 aliphatic carbocycles. The van der Waals surface area contributed by atoms with E-state index in [2.05, 4.69) is 51.6 Å². The zero-order valence-corrected chi connectivity index (χ0v) is 17.5. The van der Waals surface area contributed by atoms with Gasteiger partial charge in [0, 0.05) is 16.3 Å². The van der Waals surface area contributed by atoms with Crippen LogP contribution in [-0.4, -0.2) is 30.4 Å². The van der Waals surface area contributed by atoms with E-state index in [4.69, 9.17) is 9.47 Å². The molecule has 29 heavy (non-hydrogen) atoms. The lowest BCUT2D eigenvalue weighted by molar-refractivity contribution is -0.142. The van der Waals surface area contributed by atoms with Crippen LogP contribution in [0.25, 0.3) is 21.5 Å². The second-order valence-corrected chi connectivity index (χ2v) is 8.46. The van der Waals surface area contributed by atoms with Gasteiger partial charge in [-0.3, -0.25) is 0 Å². The molecule has 152 valence electrons. The first-order chi connectivity index (χ1) is 13.7. The molecule has 0 heterocycles. The van der Waals surface area contributed by atoms with E-state index >= 15 is 0 Å². The highest BCUT2D eigenvalue weighted by Gasteiger charge is 2.17. The van der Waals surface area contributed by atoms with Gasteiger partial charge in [0.05, 0.1) is 0 Å². The summed E-state index contributed by atoms with van der Waals surface area (Å²) in [5.41, 5.74) is 1.52. The van der Waals surface area contributed by atoms with Gasteiger partial charge in [-0.1, -0.05) is 63.7 Å². The Hall–Kier alpha value is -2.85. The molecule has 3 aromatic carbocycles. The second-order valence-electron chi connectivity index (χ2n) is 8.46. The summed E-state index contributed by atoms with van der Waals surface area (Å²) in [5.74, 6) is 0.212. The number of aliphatic hydroxyl groups excluding tert-OH is 1. The summed E-state index contributed by atoms with van der Waals surface area (Å²) < 4.78 is 11.1. The van der Waals surface area contributed by atoms with Gasteiger partial charge in [-0.15, -0.1) is 0 Å². The number of aliphatic hydroxyl groups is 1. The summed E-state index contributed by atoms with van der Waals surface area (Å²) in [6.45, 7) is 11.5. The fourth-order valence-corrected chi connectivity index (χ4v) is 3.17. The van der Waals surface area contributed by atoms with Gasteiger partial charge in [0.2, 0.25) is 0 Å². The number of fused-ring (bicyclic) bond motifs is 2. The average Bonchev–Trinajstić information content (AvgIpc) is 2.67. The Labute approximate surface area is 171 Å². The Morgan fingerprint density at radius 2 is 1.72 bits per heavy atom. The summed E-state index contributed by atoms with van der Waals surface area (Å²) in [6, 6.07) is 16.6. The highest BCUT2D eigenvalue weighted by Crippen LogP contribution is 2.37. The van der Waals surface area contributed by atoms with E-state index in [-0.39, 0.29) is 18.6 Å². The predicted molar refractivity (Wildman–Crippen MR) is 117 cm³/mol. The predicted octanol–water partition coefficient (Wildman–Crippen LogP) is 5.15. The van der Waals surface area contributed by atoms with Gasteiger partial charge in [0.1, 0.15) is 25.1 Å². The summed E-state index contributed by atoms with van der Waals surface area (Å²) >= 11 is 0. The van der Waals surface area contributed by atoms with Crippen LogP contribution in [0.2, 0.25) is 0 Å². The van der Waals surface area contributed by atoms with Crippen LogP contribution in [0.5, 0.6) is 5.75 Å². The zero-order chi connectivity index (χ0) is 21.2. The monoisotopic (exact) mass is 392 g/mol. The lowest BCUT2D eigenvalue weighted by Gasteiger charge is -2.21. The van der Waals surface area contributed by atoms with Crippen molar-refractivity contribution in [2.75, 3.05) is 13.2 Å². The summed E-state index contributed by atoms with van der Waals surface area (Å²) in [7, 11) is 0. The van der Waals surface area contributed by atoms with E-state index in [1.165, 1.54) is 5.56 Å². The molecule has 1 atom stereocenters. The van der Waals surface area contributed by atoms with Crippen molar-refractivity contribution in [3.8, 4) is 5.75 Å². The number of carbonyl (C=O) groups excluding carboxylic acids is 1.